The van der Waals surface area contributed by atoms with Crippen LogP contribution in [0.25, 0.3) is 0 Å². The molecule has 0 aromatic carbocycles. The van der Waals surface area contributed by atoms with E-state index in [-0.39, 0.29) is 12.8 Å². The van der Waals surface area contributed by atoms with Crippen LogP contribution in [0.2, 0.25) is 0 Å². The lowest BCUT2D eigenvalue weighted by Crippen LogP contribution is -2.46. The van der Waals surface area contributed by atoms with Gasteiger partial charge >= 0.3 is 18.3 Å². The molecule has 0 saturated carbocycles. The molecule has 0 aromatic rings. The van der Waals surface area contributed by atoms with E-state index in [0.717, 1.165) is 19.3 Å². The zero-order valence-corrected chi connectivity index (χ0v) is 12.0. The van der Waals surface area contributed by atoms with E-state index in [0.29, 0.717) is 6.42 Å². The van der Waals surface area contributed by atoms with Gasteiger partial charge < -0.3 is 4.74 Å². The molecule has 0 radical (unpaired) electrons. The Labute approximate surface area is 119 Å². The number of unbranched alkanes of at least 4 members (excludes halogenated alkanes) is 3. The fourth-order valence-electron chi connectivity index (χ4n) is 1.84. The number of halogens is 6. The van der Waals surface area contributed by atoms with Crippen molar-refractivity contribution in [2.75, 3.05) is 0 Å². The molecule has 0 N–H and O–H groups in total. The lowest BCUT2D eigenvalue weighted by atomic mass is 9.98. The van der Waals surface area contributed by atoms with E-state index < -0.39 is 30.3 Å². The summed E-state index contributed by atoms with van der Waals surface area (Å²) in [6.07, 6.45) is -11.8. The molecule has 0 spiro atoms. The lowest BCUT2D eigenvalue weighted by molar-refractivity contribution is -0.314. The molecule has 0 aliphatic carbocycles. The minimum atomic E-state index is -5.66. The zero-order chi connectivity index (χ0) is 16.7. The van der Waals surface area contributed by atoms with Crippen LogP contribution in [0.15, 0.2) is 0 Å². The first-order valence-electron chi connectivity index (χ1n) is 6.87. The summed E-state index contributed by atoms with van der Waals surface area (Å²) in [5, 5.41) is 0. The van der Waals surface area contributed by atoms with Gasteiger partial charge in [0.05, 0.1) is 5.92 Å². The van der Waals surface area contributed by atoms with Crippen LogP contribution in [0.1, 0.15) is 52.4 Å². The predicted octanol–water partition coefficient (Wildman–Crippen LogP) is 5.02. The van der Waals surface area contributed by atoms with Crippen molar-refractivity contribution in [2.24, 2.45) is 5.92 Å². The standard InChI is InChI=1S/C13H20F6O2/c1-3-5-6-7-8-9(4-2)10(20)21-11(12(14,15)16)13(17,18)19/h9,11H,3-8H2,1-2H3. The minimum Gasteiger partial charge on any atom is -0.443 e. The monoisotopic (exact) mass is 322 g/mol. The third-order valence-corrected chi connectivity index (χ3v) is 3.06. The van der Waals surface area contributed by atoms with Gasteiger partial charge in [0.1, 0.15) is 0 Å². The van der Waals surface area contributed by atoms with Crippen LogP contribution < -0.4 is 0 Å². The predicted molar refractivity (Wildman–Crippen MR) is 64.5 cm³/mol. The van der Waals surface area contributed by atoms with Gasteiger partial charge in [0, 0.05) is 0 Å². The van der Waals surface area contributed by atoms with Gasteiger partial charge in [-0.15, -0.1) is 0 Å². The van der Waals surface area contributed by atoms with E-state index >= 15 is 0 Å². The Bertz CT molecular complexity index is 297. The summed E-state index contributed by atoms with van der Waals surface area (Å²) >= 11 is 0. The largest absolute Gasteiger partial charge is 0.443 e. The quantitative estimate of drug-likeness (QED) is 0.356. The number of ether oxygens (including phenoxy) is 1. The molecule has 8 heteroatoms. The van der Waals surface area contributed by atoms with E-state index in [1.807, 2.05) is 6.92 Å². The van der Waals surface area contributed by atoms with Crippen LogP contribution in [0.4, 0.5) is 26.3 Å². The van der Waals surface area contributed by atoms with Crippen molar-refractivity contribution in [3.8, 4) is 0 Å². The van der Waals surface area contributed by atoms with Crippen molar-refractivity contribution >= 4 is 5.97 Å². The molecule has 0 amide bonds. The Morgan fingerprint density at radius 3 is 1.86 bits per heavy atom. The summed E-state index contributed by atoms with van der Waals surface area (Å²) in [5.74, 6) is -2.37. The summed E-state index contributed by atoms with van der Waals surface area (Å²) in [4.78, 5) is 11.5. The number of esters is 1. The molecule has 0 bridgehead atoms. The van der Waals surface area contributed by atoms with Crippen LogP contribution in [-0.4, -0.2) is 24.4 Å². The Balaban J connectivity index is 4.65. The zero-order valence-electron chi connectivity index (χ0n) is 12.0. The first kappa shape index (κ1) is 20.1. The molecule has 0 fully saturated rings. The Morgan fingerprint density at radius 2 is 1.48 bits per heavy atom. The molecule has 1 atom stereocenters. The second-order valence-electron chi connectivity index (χ2n) is 4.85. The van der Waals surface area contributed by atoms with E-state index in [1.165, 1.54) is 6.92 Å². The number of carbonyl (C=O) groups is 1. The van der Waals surface area contributed by atoms with Crippen molar-refractivity contribution < 1.29 is 35.9 Å². The Hall–Kier alpha value is -0.950. The van der Waals surface area contributed by atoms with Crippen molar-refractivity contribution in [2.45, 2.75) is 70.8 Å². The molecule has 1 unspecified atom stereocenters. The van der Waals surface area contributed by atoms with Gasteiger partial charge in [-0.05, 0) is 12.8 Å². The molecule has 0 rings (SSSR count). The average Bonchev–Trinajstić information content (AvgIpc) is 2.33. The van der Waals surface area contributed by atoms with Crippen molar-refractivity contribution in [1.29, 1.82) is 0 Å². The highest BCUT2D eigenvalue weighted by Crippen LogP contribution is 2.36. The molecular weight excluding hydrogens is 302 g/mol. The van der Waals surface area contributed by atoms with Crippen LogP contribution in [0.5, 0.6) is 0 Å². The number of carbonyl (C=O) groups excluding carboxylic acids is 1. The molecule has 0 heterocycles. The number of hydrogen-bond donors (Lipinski definition) is 0. The van der Waals surface area contributed by atoms with E-state index in [1.54, 1.807) is 0 Å². The lowest BCUT2D eigenvalue weighted by Gasteiger charge is -2.25. The van der Waals surface area contributed by atoms with Crippen LogP contribution in [0.3, 0.4) is 0 Å². The molecular formula is C13H20F6O2. The van der Waals surface area contributed by atoms with Gasteiger partial charge in [0.15, 0.2) is 0 Å². The maximum absolute atomic E-state index is 12.3. The highest BCUT2D eigenvalue weighted by atomic mass is 19.4. The van der Waals surface area contributed by atoms with Crippen LogP contribution in [-0.2, 0) is 9.53 Å². The Morgan fingerprint density at radius 1 is 0.952 bits per heavy atom. The van der Waals surface area contributed by atoms with Crippen LogP contribution >= 0.6 is 0 Å². The van der Waals surface area contributed by atoms with Gasteiger partial charge in [-0.25, -0.2) is 0 Å². The van der Waals surface area contributed by atoms with Crippen molar-refractivity contribution in [1.82, 2.24) is 0 Å². The van der Waals surface area contributed by atoms with E-state index in [4.69, 9.17) is 0 Å². The molecule has 21 heavy (non-hydrogen) atoms. The molecule has 0 aliphatic rings. The third-order valence-electron chi connectivity index (χ3n) is 3.06. The minimum absolute atomic E-state index is 0.146. The fourth-order valence-corrected chi connectivity index (χ4v) is 1.84. The van der Waals surface area contributed by atoms with Gasteiger partial charge in [-0.2, -0.15) is 26.3 Å². The number of hydrogen-bond acceptors (Lipinski definition) is 2. The first-order chi connectivity index (χ1) is 9.54. The summed E-state index contributed by atoms with van der Waals surface area (Å²) in [5.41, 5.74) is 0. The highest BCUT2D eigenvalue weighted by molar-refractivity contribution is 5.72. The van der Waals surface area contributed by atoms with Crippen LogP contribution in [0, 0.1) is 5.92 Å². The van der Waals surface area contributed by atoms with Gasteiger partial charge in [-0.1, -0.05) is 39.5 Å². The van der Waals surface area contributed by atoms with Gasteiger partial charge in [0.25, 0.3) is 6.10 Å². The van der Waals surface area contributed by atoms with Crippen molar-refractivity contribution in [3.63, 3.8) is 0 Å². The normalized spacial score (nSPS) is 14.3. The Kier molecular flexibility index (Phi) is 8.10. The second kappa shape index (κ2) is 8.48. The smallest absolute Gasteiger partial charge is 0.434 e. The molecule has 0 saturated heterocycles. The number of rotatable bonds is 8. The summed E-state index contributed by atoms with van der Waals surface area (Å²) in [6, 6.07) is 0. The maximum atomic E-state index is 12.3. The summed E-state index contributed by atoms with van der Waals surface area (Å²) in [6.45, 7) is 3.49. The third kappa shape index (κ3) is 7.57. The maximum Gasteiger partial charge on any atom is 0.434 e. The second-order valence-corrected chi connectivity index (χ2v) is 4.85. The fraction of sp³-hybridized carbons (Fsp3) is 0.923. The number of alkyl halides is 6. The van der Waals surface area contributed by atoms with E-state index in [9.17, 15) is 31.1 Å². The van der Waals surface area contributed by atoms with Crippen molar-refractivity contribution in [3.05, 3.63) is 0 Å². The average molecular weight is 322 g/mol. The SMILES string of the molecule is CCCCCCC(CC)C(=O)OC(C(F)(F)F)C(F)(F)F. The molecule has 2 nitrogen and oxygen atoms in total. The van der Waals surface area contributed by atoms with Gasteiger partial charge in [0.2, 0.25) is 0 Å². The first-order valence-corrected chi connectivity index (χ1v) is 6.87. The molecule has 0 aliphatic heterocycles. The highest BCUT2D eigenvalue weighted by Gasteiger charge is 2.60. The van der Waals surface area contributed by atoms with E-state index in [2.05, 4.69) is 4.74 Å². The topological polar surface area (TPSA) is 26.3 Å². The van der Waals surface area contributed by atoms with Gasteiger partial charge in [-0.3, -0.25) is 4.79 Å². The summed E-state index contributed by atoms with van der Waals surface area (Å²) in [7, 11) is 0. The molecule has 0 aromatic heterocycles. The molecule has 126 valence electrons. The summed E-state index contributed by atoms with van der Waals surface area (Å²) < 4.78 is 77.5.